The topological polar surface area (TPSA) is 67.7 Å². The number of hydrogen-bond acceptors (Lipinski definition) is 5. The molecular formula is C27H28Cl2F2N4O3S. The number of thiol groups is 1. The molecule has 4 atom stereocenters. The molecule has 2 aliphatic heterocycles. The number of benzene rings is 2. The number of aromatic nitrogens is 2. The van der Waals surface area contributed by atoms with Gasteiger partial charge >= 0.3 is 5.69 Å². The summed E-state index contributed by atoms with van der Waals surface area (Å²) in [5.74, 6) is -0.907. The van der Waals surface area contributed by atoms with E-state index in [1.807, 2.05) is 18.7 Å². The van der Waals surface area contributed by atoms with Crippen LogP contribution in [0.4, 0.5) is 14.6 Å². The average Bonchev–Trinajstić information content (AvgIpc) is 3.05. The second-order valence-corrected chi connectivity index (χ2v) is 12.9. The molecular weight excluding hydrogens is 569 g/mol. The summed E-state index contributed by atoms with van der Waals surface area (Å²) < 4.78 is 36.5. The number of methoxy groups -OCH3 is 1. The lowest BCUT2D eigenvalue weighted by molar-refractivity contribution is -0.130. The molecule has 2 aromatic carbocycles. The summed E-state index contributed by atoms with van der Waals surface area (Å²) in [6.07, 6.45) is 0.863. The molecule has 1 aromatic heterocycles. The Morgan fingerprint density at radius 1 is 1.10 bits per heavy atom. The summed E-state index contributed by atoms with van der Waals surface area (Å²) in [5.41, 5.74) is 0.118. The van der Waals surface area contributed by atoms with Crippen LogP contribution in [-0.4, -0.2) is 64.5 Å². The molecule has 0 spiro atoms. The van der Waals surface area contributed by atoms with Gasteiger partial charge in [-0.25, -0.2) is 13.6 Å². The number of rotatable bonds is 4. The largest absolute Gasteiger partial charge is 0.379 e. The summed E-state index contributed by atoms with van der Waals surface area (Å²) in [7, 11) is 0.0407. The van der Waals surface area contributed by atoms with Crippen molar-refractivity contribution in [3.8, 4) is 0 Å². The van der Waals surface area contributed by atoms with Crippen molar-refractivity contribution < 1.29 is 18.3 Å². The predicted molar refractivity (Wildman–Crippen MR) is 152 cm³/mol. The van der Waals surface area contributed by atoms with Gasteiger partial charge < -0.3 is 14.5 Å². The molecule has 0 N–H and O–H groups in total. The number of hydrogen-bond donors (Lipinski definition) is 1. The van der Waals surface area contributed by atoms with Crippen LogP contribution in [-0.2, 0) is 16.1 Å². The van der Waals surface area contributed by atoms with Crippen LogP contribution in [0, 0.1) is 11.6 Å². The van der Waals surface area contributed by atoms with Crippen LogP contribution in [0.15, 0.2) is 51.5 Å². The molecule has 12 heteroatoms. The maximum Gasteiger partial charge on any atom is 0.350 e. The molecule has 5 rings (SSSR count). The Kier molecular flexibility index (Phi) is 7.67. The van der Waals surface area contributed by atoms with Crippen molar-refractivity contribution in [1.29, 1.82) is 0 Å². The SMILES string of the molecule is C=CC(=O)N1[C@H](C)CN(c2nc(=O)n3c4c(cc(Cl)cc24)[SH](c2cc(Cl)c(F)cc2F)C[C@@H](OC)C3)C[C@@H]1C. The number of halogens is 4. The Bertz CT molecular complexity index is 1540. The smallest absolute Gasteiger partial charge is 0.350 e. The first-order chi connectivity index (χ1) is 18.5. The van der Waals surface area contributed by atoms with Crippen LogP contribution < -0.4 is 10.6 Å². The standard InChI is InChI=1S/C27H28Cl2F2N4O3S/c1-5-24(36)35-14(2)10-33(11-15(35)3)26-18-6-16(28)7-23-25(18)34(27(37)32-26)12-17(38-4)13-39(23)22-8-19(29)20(30)9-21(22)31/h5-9,14-15,17,39H,1,10-13H2,2-4H3/t14-,15+,17-/m0/s1. The van der Waals surface area contributed by atoms with Crippen molar-refractivity contribution in [3.05, 3.63) is 69.1 Å². The maximum atomic E-state index is 15.2. The van der Waals surface area contributed by atoms with Gasteiger partial charge in [-0.3, -0.25) is 9.36 Å². The van der Waals surface area contributed by atoms with E-state index in [0.717, 1.165) is 6.07 Å². The van der Waals surface area contributed by atoms with Gasteiger partial charge in [-0.15, -0.1) is 0 Å². The van der Waals surface area contributed by atoms with Crippen LogP contribution in [0.2, 0.25) is 10.0 Å². The molecule has 0 aliphatic carbocycles. The van der Waals surface area contributed by atoms with Crippen molar-refractivity contribution in [1.82, 2.24) is 14.5 Å². The zero-order valence-electron chi connectivity index (χ0n) is 21.6. The quantitative estimate of drug-likeness (QED) is 0.260. The van der Waals surface area contributed by atoms with E-state index in [2.05, 4.69) is 11.6 Å². The first-order valence-corrected chi connectivity index (χ1v) is 14.7. The van der Waals surface area contributed by atoms with Gasteiger partial charge in [-0.1, -0.05) is 29.8 Å². The Morgan fingerprint density at radius 3 is 2.44 bits per heavy atom. The highest BCUT2D eigenvalue weighted by Gasteiger charge is 2.35. The molecule has 1 amide bonds. The molecule has 208 valence electrons. The number of ether oxygens (including phenoxy) is 1. The molecule has 0 bridgehead atoms. The van der Waals surface area contributed by atoms with E-state index in [1.54, 1.807) is 21.6 Å². The summed E-state index contributed by atoms with van der Waals surface area (Å²) >= 11 is 12.7. The second-order valence-electron chi connectivity index (χ2n) is 9.89. The molecule has 39 heavy (non-hydrogen) atoms. The van der Waals surface area contributed by atoms with Gasteiger partial charge in [0, 0.05) is 64.3 Å². The monoisotopic (exact) mass is 596 g/mol. The zero-order chi connectivity index (χ0) is 28.2. The fraction of sp³-hybridized carbons (Fsp3) is 0.370. The van der Waals surface area contributed by atoms with Gasteiger partial charge in [0.2, 0.25) is 5.91 Å². The Labute approximate surface area is 237 Å². The van der Waals surface area contributed by atoms with E-state index in [-0.39, 0.29) is 34.5 Å². The minimum Gasteiger partial charge on any atom is -0.379 e. The fourth-order valence-electron chi connectivity index (χ4n) is 5.66. The number of amides is 1. The van der Waals surface area contributed by atoms with E-state index in [0.29, 0.717) is 45.5 Å². The molecule has 1 unspecified atom stereocenters. The highest BCUT2D eigenvalue weighted by molar-refractivity contribution is 8.17. The van der Waals surface area contributed by atoms with Crippen molar-refractivity contribution >= 4 is 56.7 Å². The fourth-order valence-corrected chi connectivity index (χ4v) is 8.91. The van der Waals surface area contributed by atoms with Crippen molar-refractivity contribution in [3.63, 3.8) is 0 Å². The highest BCUT2D eigenvalue weighted by atomic mass is 35.5. The average molecular weight is 598 g/mol. The molecule has 7 nitrogen and oxygen atoms in total. The van der Waals surface area contributed by atoms with Gasteiger partial charge in [0.05, 0.1) is 23.2 Å². The molecule has 3 heterocycles. The highest BCUT2D eigenvalue weighted by Crippen LogP contribution is 2.52. The Hall–Kier alpha value is -2.66. The van der Waals surface area contributed by atoms with E-state index < -0.39 is 34.3 Å². The summed E-state index contributed by atoms with van der Waals surface area (Å²) in [4.78, 5) is 35.1. The van der Waals surface area contributed by atoms with Crippen LogP contribution >= 0.6 is 34.1 Å². The first-order valence-electron chi connectivity index (χ1n) is 12.4. The summed E-state index contributed by atoms with van der Waals surface area (Å²) in [6.45, 7) is 8.56. The lowest BCUT2D eigenvalue weighted by Gasteiger charge is -2.44. The maximum absolute atomic E-state index is 15.2. The number of piperazine rings is 1. The van der Waals surface area contributed by atoms with Gasteiger partial charge in [-0.2, -0.15) is 15.9 Å². The van der Waals surface area contributed by atoms with E-state index >= 15 is 4.39 Å². The number of nitrogens with zero attached hydrogens (tertiary/aromatic N) is 4. The van der Waals surface area contributed by atoms with E-state index in [4.69, 9.17) is 27.9 Å². The second kappa shape index (κ2) is 10.7. The third-order valence-electron chi connectivity index (χ3n) is 7.32. The molecule has 0 saturated carbocycles. The van der Waals surface area contributed by atoms with Gasteiger partial charge in [0.25, 0.3) is 0 Å². The van der Waals surface area contributed by atoms with Crippen LogP contribution in [0.3, 0.4) is 0 Å². The van der Waals surface area contributed by atoms with Crippen molar-refractivity contribution in [2.24, 2.45) is 0 Å². The number of carbonyl (C=O) groups excluding carboxylic acids is 1. The minimum atomic E-state index is -1.49. The van der Waals surface area contributed by atoms with Gasteiger partial charge in [0.15, 0.2) is 0 Å². The predicted octanol–water partition coefficient (Wildman–Crippen LogP) is 5.04. The Morgan fingerprint density at radius 2 is 1.79 bits per heavy atom. The van der Waals surface area contributed by atoms with Gasteiger partial charge in [0.1, 0.15) is 17.5 Å². The van der Waals surface area contributed by atoms with Crippen molar-refractivity contribution in [2.75, 3.05) is 30.9 Å². The molecule has 2 aliphatic rings. The normalized spacial score (nSPS) is 24.1. The lowest BCUT2D eigenvalue weighted by Crippen LogP contribution is -2.58. The minimum absolute atomic E-state index is 0.157. The first kappa shape index (κ1) is 27.9. The van der Waals surface area contributed by atoms with Gasteiger partial charge in [-0.05, 0) is 38.1 Å². The third-order valence-corrected chi connectivity index (χ3v) is 10.4. The van der Waals surface area contributed by atoms with Crippen LogP contribution in [0.1, 0.15) is 13.8 Å². The van der Waals surface area contributed by atoms with E-state index in [1.165, 1.54) is 19.3 Å². The zero-order valence-corrected chi connectivity index (χ0v) is 24.0. The lowest BCUT2D eigenvalue weighted by atomic mass is 10.1. The molecule has 1 fully saturated rings. The van der Waals surface area contributed by atoms with Crippen LogP contribution in [0.5, 0.6) is 0 Å². The molecule has 3 aromatic rings. The summed E-state index contributed by atoms with van der Waals surface area (Å²) in [6, 6.07) is 5.25. The van der Waals surface area contributed by atoms with Crippen molar-refractivity contribution in [2.45, 2.75) is 48.4 Å². The summed E-state index contributed by atoms with van der Waals surface area (Å²) in [5, 5.41) is 0.843. The Balaban J connectivity index is 1.73. The molecule has 0 radical (unpaired) electrons. The third kappa shape index (κ3) is 4.92. The van der Waals surface area contributed by atoms with Crippen LogP contribution in [0.25, 0.3) is 10.9 Å². The number of carbonyl (C=O) groups is 1. The number of anilines is 1. The molecule has 1 saturated heterocycles. The van der Waals surface area contributed by atoms with E-state index in [9.17, 15) is 14.0 Å².